The van der Waals surface area contributed by atoms with Gasteiger partial charge in [0.1, 0.15) is 18.5 Å². The molecule has 0 aliphatic carbocycles. The van der Waals surface area contributed by atoms with E-state index in [4.69, 9.17) is 21.4 Å². The van der Waals surface area contributed by atoms with E-state index in [2.05, 4.69) is 5.32 Å². The summed E-state index contributed by atoms with van der Waals surface area (Å²) in [5, 5.41) is 22.4. The van der Waals surface area contributed by atoms with E-state index in [1.165, 1.54) is 0 Å². The molecule has 0 bridgehead atoms. The molecule has 0 aliphatic heterocycles. The lowest BCUT2D eigenvalue weighted by Crippen LogP contribution is -2.35. The molecule has 5 heteroatoms. The molecule has 20 heavy (non-hydrogen) atoms. The monoisotopic (exact) mass is 299 g/mol. The molecule has 0 radical (unpaired) electrons. The summed E-state index contributed by atoms with van der Waals surface area (Å²) in [7, 11) is 0. The van der Waals surface area contributed by atoms with Gasteiger partial charge in [-0.05, 0) is 18.2 Å². The number of aliphatic hydroxyl groups excluding tert-OH is 2. The fourth-order valence-corrected chi connectivity index (χ4v) is 1.76. The van der Waals surface area contributed by atoms with Crippen molar-refractivity contribution in [2.24, 2.45) is 0 Å². The largest absolute Gasteiger partial charge is 0.490 e. The fraction of sp³-hybridized carbons (Fsp3) is 0.467. The summed E-state index contributed by atoms with van der Waals surface area (Å²) in [5.74, 6) is 0.627. The maximum absolute atomic E-state index is 9.81. The van der Waals surface area contributed by atoms with Crippen LogP contribution in [0.15, 0.2) is 24.3 Å². The Morgan fingerprint density at radius 1 is 1.40 bits per heavy atom. The first-order valence-electron chi connectivity index (χ1n) is 6.64. The van der Waals surface area contributed by atoms with E-state index in [9.17, 15) is 5.11 Å². The van der Waals surface area contributed by atoms with Crippen LogP contribution in [0.25, 0.3) is 6.08 Å². The highest BCUT2D eigenvalue weighted by Gasteiger charge is 2.08. The highest BCUT2D eigenvalue weighted by atomic mass is 35.5. The molecule has 0 amide bonds. The Hall–Kier alpha value is -1.07. The summed E-state index contributed by atoms with van der Waals surface area (Å²) in [6, 6.07) is 5.55. The normalized spacial score (nSPS) is 13.1. The molecule has 112 valence electrons. The molecule has 1 unspecified atom stereocenters. The van der Waals surface area contributed by atoms with Crippen LogP contribution in [-0.2, 0) is 0 Å². The second-order valence-corrected chi connectivity index (χ2v) is 5.23. The van der Waals surface area contributed by atoms with Gasteiger partial charge in [0.2, 0.25) is 0 Å². The number of rotatable bonds is 8. The Morgan fingerprint density at radius 2 is 2.15 bits per heavy atom. The fourth-order valence-electron chi connectivity index (χ4n) is 1.58. The summed E-state index contributed by atoms with van der Waals surface area (Å²) < 4.78 is 5.60. The van der Waals surface area contributed by atoms with Gasteiger partial charge >= 0.3 is 0 Å². The van der Waals surface area contributed by atoms with Crippen LogP contribution in [0.4, 0.5) is 0 Å². The van der Waals surface area contributed by atoms with Crippen molar-refractivity contribution < 1.29 is 14.9 Å². The quantitative estimate of drug-likeness (QED) is 0.688. The van der Waals surface area contributed by atoms with Crippen molar-refractivity contribution in [3.05, 3.63) is 34.9 Å². The molecule has 1 aromatic rings. The first kappa shape index (κ1) is 17.0. The maximum Gasteiger partial charge on any atom is 0.126 e. The molecule has 1 aromatic carbocycles. The van der Waals surface area contributed by atoms with Crippen molar-refractivity contribution in [3.8, 4) is 5.75 Å². The van der Waals surface area contributed by atoms with E-state index in [0.717, 1.165) is 5.56 Å². The van der Waals surface area contributed by atoms with Gasteiger partial charge in [0.05, 0.1) is 6.61 Å². The van der Waals surface area contributed by atoms with Crippen molar-refractivity contribution in [1.82, 2.24) is 5.32 Å². The number of hydrogen-bond donors (Lipinski definition) is 3. The lowest BCUT2D eigenvalue weighted by molar-refractivity contribution is 0.104. The van der Waals surface area contributed by atoms with E-state index in [1.54, 1.807) is 30.4 Å². The smallest absolute Gasteiger partial charge is 0.126 e. The van der Waals surface area contributed by atoms with Gasteiger partial charge in [-0.1, -0.05) is 37.6 Å². The summed E-state index contributed by atoms with van der Waals surface area (Å²) >= 11 is 5.93. The minimum absolute atomic E-state index is 0.0487. The van der Waals surface area contributed by atoms with E-state index in [0.29, 0.717) is 23.4 Å². The molecule has 0 saturated heterocycles. The summed E-state index contributed by atoms with van der Waals surface area (Å²) in [4.78, 5) is 0. The number of hydrogen-bond acceptors (Lipinski definition) is 4. The Kier molecular flexibility index (Phi) is 7.62. The number of nitrogens with one attached hydrogen (secondary N) is 1. The van der Waals surface area contributed by atoms with E-state index in [-0.39, 0.29) is 13.2 Å². The Bertz CT molecular complexity index is 435. The third-order valence-electron chi connectivity index (χ3n) is 2.57. The predicted octanol–water partition coefficient (Wildman–Crippen LogP) is 2.08. The van der Waals surface area contributed by atoms with Gasteiger partial charge in [-0.15, -0.1) is 0 Å². The molecule has 3 N–H and O–H groups in total. The minimum atomic E-state index is -0.581. The zero-order valence-corrected chi connectivity index (χ0v) is 12.6. The van der Waals surface area contributed by atoms with Gasteiger partial charge < -0.3 is 20.3 Å². The molecule has 0 aromatic heterocycles. The molecule has 1 atom stereocenters. The number of benzene rings is 1. The lowest BCUT2D eigenvalue weighted by atomic mass is 10.2. The molecule has 0 saturated carbocycles. The highest BCUT2D eigenvalue weighted by molar-refractivity contribution is 6.30. The zero-order chi connectivity index (χ0) is 15.0. The molecule has 1 rings (SSSR count). The van der Waals surface area contributed by atoms with E-state index >= 15 is 0 Å². The molecular formula is C15H22ClNO3. The van der Waals surface area contributed by atoms with Crippen molar-refractivity contribution in [2.45, 2.75) is 26.0 Å². The van der Waals surface area contributed by atoms with Crippen molar-refractivity contribution in [1.29, 1.82) is 0 Å². The SMILES string of the molecule is CC(C)NCC(O)COc1ccc(Cl)cc1/C=C/CO. The number of ether oxygens (including phenoxy) is 1. The summed E-state index contributed by atoms with van der Waals surface area (Å²) in [6.45, 7) is 4.66. The van der Waals surface area contributed by atoms with Crippen molar-refractivity contribution in [3.63, 3.8) is 0 Å². The Balaban J connectivity index is 2.60. The zero-order valence-electron chi connectivity index (χ0n) is 11.8. The Morgan fingerprint density at radius 3 is 2.80 bits per heavy atom. The van der Waals surface area contributed by atoms with Gasteiger partial charge in [-0.3, -0.25) is 0 Å². The summed E-state index contributed by atoms with van der Waals surface area (Å²) in [5.41, 5.74) is 0.774. The average molecular weight is 300 g/mol. The van der Waals surface area contributed by atoms with Crippen LogP contribution >= 0.6 is 11.6 Å². The highest BCUT2D eigenvalue weighted by Crippen LogP contribution is 2.24. The van der Waals surface area contributed by atoms with Crippen LogP contribution in [0, 0.1) is 0 Å². The maximum atomic E-state index is 9.81. The second-order valence-electron chi connectivity index (χ2n) is 4.79. The van der Waals surface area contributed by atoms with E-state index < -0.39 is 6.10 Å². The summed E-state index contributed by atoms with van der Waals surface area (Å²) in [6.07, 6.45) is 2.76. The van der Waals surface area contributed by atoms with Crippen LogP contribution in [0.5, 0.6) is 5.75 Å². The van der Waals surface area contributed by atoms with E-state index in [1.807, 2.05) is 13.8 Å². The second kappa shape index (κ2) is 8.97. The van der Waals surface area contributed by atoms with Gasteiger partial charge in [-0.25, -0.2) is 0 Å². The van der Waals surface area contributed by atoms with Gasteiger partial charge in [0.15, 0.2) is 0 Å². The first-order chi connectivity index (χ1) is 9.52. The van der Waals surface area contributed by atoms with Crippen LogP contribution in [0.1, 0.15) is 19.4 Å². The third kappa shape index (κ3) is 6.39. The number of halogens is 1. The molecule has 0 fully saturated rings. The van der Waals surface area contributed by atoms with Crippen LogP contribution in [0.3, 0.4) is 0 Å². The molecular weight excluding hydrogens is 278 g/mol. The molecule has 0 aliphatic rings. The van der Waals surface area contributed by atoms with Gasteiger partial charge in [0.25, 0.3) is 0 Å². The average Bonchev–Trinajstić information content (AvgIpc) is 2.41. The van der Waals surface area contributed by atoms with Gasteiger partial charge in [-0.2, -0.15) is 0 Å². The molecule has 0 heterocycles. The number of aliphatic hydroxyl groups is 2. The topological polar surface area (TPSA) is 61.7 Å². The standard InChI is InChI=1S/C15H22ClNO3/c1-11(2)17-9-14(19)10-20-15-6-5-13(16)8-12(15)4-3-7-18/h3-6,8,11,14,17-19H,7,9-10H2,1-2H3/b4-3+. The first-order valence-corrected chi connectivity index (χ1v) is 7.02. The Labute approximate surface area is 125 Å². The molecule has 0 spiro atoms. The van der Waals surface area contributed by atoms with Crippen LogP contribution in [0.2, 0.25) is 5.02 Å². The minimum Gasteiger partial charge on any atom is -0.490 e. The van der Waals surface area contributed by atoms with Crippen LogP contribution < -0.4 is 10.1 Å². The van der Waals surface area contributed by atoms with Gasteiger partial charge in [0, 0.05) is 23.2 Å². The van der Waals surface area contributed by atoms with Crippen molar-refractivity contribution >= 4 is 17.7 Å². The lowest BCUT2D eigenvalue weighted by Gasteiger charge is -2.16. The predicted molar refractivity (Wildman–Crippen MR) is 82.2 cm³/mol. The third-order valence-corrected chi connectivity index (χ3v) is 2.80. The van der Waals surface area contributed by atoms with Crippen LogP contribution in [-0.4, -0.2) is 42.1 Å². The van der Waals surface area contributed by atoms with Crippen molar-refractivity contribution in [2.75, 3.05) is 19.8 Å². The molecule has 4 nitrogen and oxygen atoms in total.